The molecule has 1 aromatic heterocycles. The van der Waals surface area contributed by atoms with Gasteiger partial charge in [0.2, 0.25) is 15.8 Å². The molecule has 150 valence electrons. The Morgan fingerprint density at radius 2 is 1.82 bits per heavy atom. The summed E-state index contributed by atoms with van der Waals surface area (Å²) in [5.74, 6) is -1.03. The van der Waals surface area contributed by atoms with Crippen LogP contribution in [0.2, 0.25) is 0 Å². The zero-order valence-corrected chi connectivity index (χ0v) is 17.2. The zero-order chi connectivity index (χ0) is 21.1. The van der Waals surface area contributed by atoms with E-state index in [9.17, 15) is 18.0 Å². The third-order valence-electron chi connectivity index (χ3n) is 4.09. The Hall–Kier alpha value is -2.94. The van der Waals surface area contributed by atoms with Crippen LogP contribution in [0, 0.1) is 13.8 Å². The number of aromatic nitrogens is 2. The van der Waals surface area contributed by atoms with E-state index in [4.69, 9.17) is 4.74 Å². The van der Waals surface area contributed by atoms with Gasteiger partial charge < -0.3 is 4.74 Å². The van der Waals surface area contributed by atoms with Gasteiger partial charge in [-0.1, -0.05) is 0 Å². The largest absolute Gasteiger partial charge is 0.451 e. The van der Waals surface area contributed by atoms with Gasteiger partial charge in [-0.25, -0.2) is 13.2 Å². The fraction of sp³-hybridized carbons (Fsp3) is 0.316. The topological polar surface area (TPSA) is 107 Å². The quantitative estimate of drug-likeness (QED) is 0.430. The Bertz CT molecular complexity index is 1020. The monoisotopic (exact) mass is 405 g/mol. The maximum atomic E-state index is 12.4. The summed E-state index contributed by atoms with van der Waals surface area (Å²) in [6.45, 7) is 5.21. The first-order chi connectivity index (χ1) is 13.0. The van der Waals surface area contributed by atoms with Gasteiger partial charge in [0.1, 0.15) is 0 Å². The number of nitrogens with one attached hydrogen (secondary N) is 1. The lowest BCUT2D eigenvalue weighted by molar-refractivity contribution is -0.140. The molecule has 0 unspecified atom stereocenters. The number of rotatable bonds is 7. The van der Waals surface area contributed by atoms with Crippen molar-refractivity contribution in [3.63, 3.8) is 0 Å². The van der Waals surface area contributed by atoms with Crippen LogP contribution in [0.3, 0.4) is 0 Å². The summed E-state index contributed by atoms with van der Waals surface area (Å²) in [6.07, 6.45) is 2.93. The van der Waals surface area contributed by atoms with E-state index in [2.05, 4.69) is 9.82 Å². The van der Waals surface area contributed by atoms with Crippen LogP contribution in [-0.2, 0) is 26.6 Å². The summed E-state index contributed by atoms with van der Waals surface area (Å²) in [6, 6.07) is 5.88. The number of anilines is 1. The molecule has 1 heterocycles. The zero-order valence-electron chi connectivity index (χ0n) is 16.4. The minimum absolute atomic E-state index is 0.308. The number of carbonyl (C=O) groups is 2. The highest BCUT2D eigenvalue weighted by Crippen LogP contribution is 2.15. The number of sulfonamides is 1. The van der Waals surface area contributed by atoms with E-state index in [0.717, 1.165) is 23.2 Å². The first-order valence-electron chi connectivity index (χ1n) is 8.49. The lowest BCUT2D eigenvalue weighted by atomic mass is 10.1. The maximum absolute atomic E-state index is 12.4. The van der Waals surface area contributed by atoms with Crippen molar-refractivity contribution in [3.05, 3.63) is 52.9 Å². The minimum Gasteiger partial charge on any atom is -0.451 e. The van der Waals surface area contributed by atoms with Gasteiger partial charge in [0.05, 0.1) is 11.9 Å². The van der Waals surface area contributed by atoms with Gasteiger partial charge in [0.25, 0.3) is 0 Å². The van der Waals surface area contributed by atoms with Crippen molar-refractivity contribution in [2.45, 2.75) is 26.9 Å². The van der Waals surface area contributed by atoms with Crippen LogP contribution in [0.1, 0.15) is 34.2 Å². The SMILES string of the molecule is Cc1nn(C)c(C)c1/C=C/C(=O)O[C@H](C)C(=O)c1ccc(NS(C)(=O)=O)cc1. The fourth-order valence-electron chi connectivity index (χ4n) is 2.60. The average Bonchev–Trinajstić information content (AvgIpc) is 2.83. The summed E-state index contributed by atoms with van der Waals surface area (Å²) in [4.78, 5) is 24.4. The average molecular weight is 405 g/mol. The third-order valence-corrected chi connectivity index (χ3v) is 4.69. The molecule has 0 aliphatic heterocycles. The molecule has 1 atom stereocenters. The summed E-state index contributed by atoms with van der Waals surface area (Å²) >= 11 is 0. The molecular formula is C19H23N3O5S. The standard InChI is InChI=1S/C19H23N3O5S/c1-12-17(13(2)22(4)20-12)10-11-18(23)27-14(3)19(24)15-6-8-16(9-7-15)21-28(5,25)26/h6-11,14,21H,1-5H3/b11-10+/t14-/m1/s1. The van der Waals surface area contributed by atoms with Crippen molar-refractivity contribution in [2.75, 3.05) is 11.0 Å². The predicted octanol–water partition coefficient (Wildman–Crippen LogP) is 2.24. The van der Waals surface area contributed by atoms with Gasteiger partial charge in [-0.2, -0.15) is 5.10 Å². The molecule has 0 fully saturated rings. The van der Waals surface area contributed by atoms with Gasteiger partial charge in [-0.05, 0) is 51.1 Å². The second kappa shape index (κ2) is 8.39. The molecular weight excluding hydrogens is 382 g/mol. The normalized spacial score (nSPS) is 12.8. The maximum Gasteiger partial charge on any atom is 0.331 e. The number of hydrogen-bond donors (Lipinski definition) is 1. The highest BCUT2D eigenvalue weighted by Gasteiger charge is 2.19. The molecule has 0 amide bonds. The van der Waals surface area contributed by atoms with E-state index in [1.807, 2.05) is 20.9 Å². The van der Waals surface area contributed by atoms with Crippen molar-refractivity contribution in [3.8, 4) is 0 Å². The lowest BCUT2D eigenvalue weighted by Crippen LogP contribution is -2.23. The van der Waals surface area contributed by atoms with Gasteiger partial charge in [-0.3, -0.25) is 14.2 Å². The molecule has 0 saturated heterocycles. The molecule has 8 nitrogen and oxygen atoms in total. The van der Waals surface area contributed by atoms with Gasteiger partial charge >= 0.3 is 5.97 Å². The number of ether oxygens (including phenoxy) is 1. The van der Waals surface area contributed by atoms with Crippen molar-refractivity contribution in [1.29, 1.82) is 0 Å². The Balaban J connectivity index is 2.01. The van der Waals surface area contributed by atoms with Crippen molar-refractivity contribution >= 4 is 33.5 Å². The van der Waals surface area contributed by atoms with E-state index in [1.54, 1.807) is 10.8 Å². The number of carbonyl (C=O) groups excluding carboxylic acids is 2. The highest BCUT2D eigenvalue weighted by molar-refractivity contribution is 7.92. The van der Waals surface area contributed by atoms with E-state index in [1.165, 1.54) is 37.3 Å². The summed E-state index contributed by atoms with van der Waals surface area (Å²) in [5, 5.41) is 4.26. The second-order valence-corrected chi connectivity index (χ2v) is 8.18. The Labute approximate surface area is 164 Å². The number of benzene rings is 1. The van der Waals surface area contributed by atoms with Crippen molar-refractivity contribution in [2.24, 2.45) is 7.05 Å². The number of esters is 1. The fourth-order valence-corrected chi connectivity index (χ4v) is 3.17. The molecule has 0 bridgehead atoms. The number of nitrogens with zero attached hydrogens (tertiary/aromatic N) is 2. The molecule has 9 heteroatoms. The van der Waals surface area contributed by atoms with E-state index in [0.29, 0.717) is 11.3 Å². The van der Waals surface area contributed by atoms with Crippen LogP contribution in [0.5, 0.6) is 0 Å². The first-order valence-corrected chi connectivity index (χ1v) is 10.4. The van der Waals surface area contributed by atoms with E-state index >= 15 is 0 Å². The molecule has 2 aromatic rings. The first kappa shape index (κ1) is 21.4. The molecule has 0 spiro atoms. The number of ketones is 1. The van der Waals surface area contributed by atoms with Crippen molar-refractivity contribution < 1.29 is 22.7 Å². The van der Waals surface area contributed by atoms with Gasteiger partial charge in [0, 0.05) is 35.6 Å². The van der Waals surface area contributed by atoms with Crippen LogP contribution in [0.4, 0.5) is 5.69 Å². The highest BCUT2D eigenvalue weighted by atomic mass is 32.2. The Kier molecular flexibility index (Phi) is 6.40. The summed E-state index contributed by atoms with van der Waals surface area (Å²) < 4.78 is 31.6. The number of aryl methyl sites for hydroxylation is 2. The second-order valence-electron chi connectivity index (χ2n) is 6.44. The molecule has 1 aromatic carbocycles. The molecule has 0 aliphatic carbocycles. The summed E-state index contributed by atoms with van der Waals surface area (Å²) in [5.41, 5.74) is 3.17. The summed E-state index contributed by atoms with van der Waals surface area (Å²) in [7, 11) is -1.58. The van der Waals surface area contributed by atoms with Gasteiger partial charge in [0.15, 0.2) is 6.10 Å². The van der Waals surface area contributed by atoms with Crippen LogP contribution in [0.15, 0.2) is 30.3 Å². The number of hydrogen-bond acceptors (Lipinski definition) is 6. The van der Waals surface area contributed by atoms with Crippen LogP contribution in [0.25, 0.3) is 6.08 Å². The number of Topliss-reactive ketones (excluding diaryl/α,β-unsaturated/α-hetero) is 1. The van der Waals surface area contributed by atoms with Crippen molar-refractivity contribution in [1.82, 2.24) is 9.78 Å². The minimum atomic E-state index is -3.39. The Morgan fingerprint density at radius 1 is 1.21 bits per heavy atom. The van der Waals surface area contributed by atoms with E-state index in [-0.39, 0.29) is 5.78 Å². The smallest absolute Gasteiger partial charge is 0.331 e. The molecule has 2 rings (SSSR count). The molecule has 28 heavy (non-hydrogen) atoms. The molecule has 0 saturated carbocycles. The Morgan fingerprint density at radius 3 is 2.32 bits per heavy atom. The predicted molar refractivity (Wildman–Crippen MR) is 107 cm³/mol. The van der Waals surface area contributed by atoms with Crippen LogP contribution >= 0.6 is 0 Å². The van der Waals surface area contributed by atoms with Crippen LogP contribution in [-0.4, -0.2) is 42.3 Å². The molecule has 0 aliphatic rings. The van der Waals surface area contributed by atoms with Gasteiger partial charge in [-0.15, -0.1) is 0 Å². The lowest BCUT2D eigenvalue weighted by Gasteiger charge is -2.11. The van der Waals surface area contributed by atoms with E-state index < -0.39 is 22.1 Å². The molecule has 0 radical (unpaired) electrons. The molecule has 1 N–H and O–H groups in total. The third kappa shape index (κ3) is 5.53. The van der Waals surface area contributed by atoms with Crippen LogP contribution < -0.4 is 4.72 Å².